The van der Waals surface area contributed by atoms with Gasteiger partial charge in [0.1, 0.15) is 5.75 Å². The van der Waals surface area contributed by atoms with Gasteiger partial charge in [0.25, 0.3) is 0 Å². The average molecular weight is 420 g/mol. The molecule has 0 saturated heterocycles. The number of phenolic OH excluding ortho intramolecular Hbond substituents is 1. The molecule has 4 aromatic rings. The molecule has 0 heterocycles. The van der Waals surface area contributed by atoms with Gasteiger partial charge in [-0.25, -0.2) is 0 Å². The van der Waals surface area contributed by atoms with E-state index in [1.807, 2.05) is 72.8 Å². The fraction of sp³-hybridized carbons (Fsp3) is 0.0690. The fourth-order valence-corrected chi connectivity index (χ4v) is 3.63. The molecule has 0 unspecified atom stereocenters. The van der Waals surface area contributed by atoms with E-state index in [0.29, 0.717) is 13.0 Å². The second-order valence-electron chi connectivity index (χ2n) is 7.61. The molecule has 0 spiro atoms. The van der Waals surface area contributed by atoms with Gasteiger partial charge in [-0.15, -0.1) is 0 Å². The third-order valence-corrected chi connectivity index (χ3v) is 5.30. The zero-order valence-electron chi connectivity index (χ0n) is 17.7. The Morgan fingerprint density at radius 2 is 1.38 bits per heavy atom. The SMILES string of the molecule is O=C(Cc1ccccc1)NCc1ccccc1-c1ccccc1/C=C/c1ccc(O)cc1. The summed E-state index contributed by atoms with van der Waals surface area (Å²) in [6.07, 6.45) is 4.48. The molecule has 0 aliphatic heterocycles. The normalized spacial score (nSPS) is 10.9. The van der Waals surface area contributed by atoms with Crippen molar-refractivity contribution in [2.75, 3.05) is 0 Å². The summed E-state index contributed by atoms with van der Waals surface area (Å²) in [6, 6.07) is 33.3. The van der Waals surface area contributed by atoms with Gasteiger partial charge in [0, 0.05) is 6.54 Å². The summed E-state index contributed by atoms with van der Waals surface area (Å²) in [4.78, 5) is 12.4. The first-order valence-corrected chi connectivity index (χ1v) is 10.6. The zero-order chi connectivity index (χ0) is 22.2. The van der Waals surface area contributed by atoms with Gasteiger partial charge in [-0.05, 0) is 45.5 Å². The van der Waals surface area contributed by atoms with Gasteiger partial charge in [-0.2, -0.15) is 0 Å². The van der Waals surface area contributed by atoms with Crippen molar-refractivity contribution in [1.82, 2.24) is 5.32 Å². The lowest BCUT2D eigenvalue weighted by Crippen LogP contribution is -2.24. The van der Waals surface area contributed by atoms with Crippen molar-refractivity contribution >= 4 is 18.1 Å². The monoisotopic (exact) mass is 419 g/mol. The molecule has 2 N–H and O–H groups in total. The second kappa shape index (κ2) is 10.3. The maximum absolute atomic E-state index is 12.4. The first-order chi connectivity index (χ1) is 15.7. The van der Waals surface area contributed by atoms with E-state index in [1.54, 1.807) is 12.1 Å². The molecular weight excluding hydrogens is 394 g/mol. The van der Waals surface area contributed by atoms with Crippen molar-refractivity contribution in [2.24, 2.45) is 0 Å². The second-order valence-corrected chi connectivity index (χ2v) is 7.61. The molecule has 158 valence electrons. The lowest BCUT2D eigenvalue weighted by Gasteiger charge is -2.13. The summed E-state index contributed by atoms with van der Waals surface area (Å²) in [5.74, 6) is 0.261. The van der Waals surface area contributed by atoms with Crippen molar-refractivity contribution in [3.63, 3.8) is 0 Å². The molecule has 0 saturated carbocycles. The highest BCUT2D eigenvalue weighted by Gasteiger charge is 2.09. The molecule has 0 aliphatic carbocycles. The lowest BCUT2D eigenvalue weighted by molar-refractivity contribution is -0.120. The molecule has 0 bridgehead atoms. The van der Waals surface area contributed by atoms with E-state index < -0.39 is 0 Å². The fourth-order valence-electron chi connectivity index (χ4n) is 3.63. The van der Waals surface area contributed by atoms with Crippen LogP contribution in [0.4, 0.5) is 0 Å². The van der Waals surface area contributed by atoms with Crippen LogP contribution in [0.2, 0.25) is 0 Å². The quantitative estimate of drug-likeness (QED) is 0.356. The van der Waals surface area contributed by atoms with Crippen molar-refractivity contribution in [3.8, 4) is 16.9 Å². The van der Waals surface area contributed by atoms with E-state index in [0.717, 1.165) is 33.4 Å². The highest BCUT2D eigenvalue weighted by Crippen LogP contribution is 2.28. The minimum Gasteiger partial charge on any atom is -0.508 e. The van der Waals surface area contributed by atoms with Crippen LogP contribution < -0.4 is 5.32 Å². The summed E-state index contributed by atoms with van der Waals surface area (Å²) in [5.41, 5.74) is 6.37. The van der Waals surface area contributed by atoms with E-state index >= 15 is 0 Å². The Labute approximate surface area is 188 Å². The Balaban J connectivity index is 1.53. The number of hydrogen-bond acceptors (Lipinski definition) is 2. The number of rotatable bonds is 7. The largest absolute Gasteiger partial charge is 0.508 e. The lowest BCUT2D eigenvalue weighted by atomic mass is 9.94. The average Bonchev–Trinajstić information content (AvgIpc) is 2.83. The van der Waals surface area contributed by atoms with E-state index in [1.165, 1.54) is 0 Å². The highest BCUT2D eigenvalue weighted by atomic mass is 16.3. The Hall–Kier alpha value is -4.11. The van der Waals surface area contributed by atoms with Gasteiger partial charge in [0.05, 0.1) is 6.42 Å². The predicted octanol–water partition coefficient (Wildman–Crippen LogP) is 6.09. The highest BCUT2D eigenvalue weighted by molar-refractivity contribution is 5.83. The first kappa shape index (κ1) is 21.1. The van der Waals surface area contributed by atoms with Gasteiger partial charge in [0.15, 0.2) is 0 Å². The molecule has 0 fully saturated rings. The number of aromatic hydroxyl groups is 1. The minimum atomic E-state index is 0.00603. The number of phenols is 1. The van der Waals surface area contributed by atoms with Gasteiger partial charge < -0.3 is 10.4 Å². The third kappa shape index (κ3) is 5.52. The molecule has 3 nitrogen and oxygen atoms in total. The third-order valence-electron chi connectivity index (χ3n) is 5.30. The number of amides is 1. The van der Waals surface area contributed by atoms with E-state index in [2.05, 4.69) is 35.7 Å². The number of carbonyl (C=O) groups is 1. The van der Waals surface area contributed by atoms with Crippen LogP contribution in [0.5, 0.6) is 5.75 Å². The molecule has 0 atom stereocenters. The Kier molecular flexibility index (Phi) is 6.78. The van der Waals surface area contributed by atoms with E-state index in [9.17, 15) is 9.90 Å². The molecule has 0 radical (unpaired) electrons. The van der Waals surface area contributed by atoms with Crippen molar-refractivity contribution in [1.29, 1.82) is 0 Å². The van der Waals surface area contributed by atoms with Gasteiger partial charge in [-0.1, -0.05) is 103 Å². The number of carbonyl (C=O) groups excluding carboxylic acids is 1. The zero-order valence-corrected chi connectivity index (χ0v) is 17.7. The molecule has 0 aromatic heterocycles. The van der Waals surface area contributed by atoms with Gasteiger partial charge in [-0.3, -0.25) is 4.79 Å². The minimum absolute atomic E-state index is 0.00603. The maximum atomic E-state index is 12.4. The van der Waals surface area contributed by atoms with E-state index in [-0.39, 0.29) is 11.7 Å². The molecule has 0 aliphatic rings. The Morgan fingerprint density at radius 3 is 2.16 bits per heavy atom. The predicted molar refractivity (Wildman–Crippen MR) is 131 cm³/mol. The van der Waals surface area contributed by atoms with Crippen LogP contribution in [0.15, 0.2) is 103 Å². The molecule has 32 heavy (non-hydrogen) atoms. The summed E-state index contributed by atoms with van der Waals surface area (Å²) in [6.45, 7) is 0.470. The molecule has 3 heteroatoms. The van der Waals surface area contributed by atoms with Crippen molar-refractivity contribution in [3.05, 3.63) is 125 Å². The van der Waals surface area contributed by atoms with Crippen molar-refractivity contribution in [2.45, 2.75) is 13.0 Å². The van der Waals surface area contributed by atoms with Crippen LogP contribution in [0.1, 0.15) is 22.3 Å². The number of benzene rings is 4. The van der Waals surface area contributed by atoms with Gasteiger partial charge in [0.2, 0.25) is 5.91 Å². The standard InChI is InChI=1S/C29H25NO2/c31-26-18-15-22(16-19-26)14-17-24-10-4-6-12-27(24)28-13-7-5-11-25(28)21-30-29(32)20-23-8-2-1-3-9-23/h1-19,31H,20-21H2,(H,30,32)/b17-14+. The van der Waals surface area contributed by atoms with Crippen LogP contribution in [0, 0.1) is 0 Å². The van der Waals surface area contributed by atoms with Crippen LogP contribution in [0.25, 0.3) is 23.3 Å². The molecular formula is C29H25NO2. The first-order valence-electron chi connectivity index (χ1n) is 10.6. The summed E-state index contributed by atoms with van der Waals surface area (Å²) in [5, 5.41) is 12.5. The topological polar surface area (TPSA) is 49.3 Å². The van der Waals surface area contributed by atoms with Crippen LogP contribution in [0.3, 0.4) is 0 Å². The van der Waals surface area contributed by atoms with Crippen LogP contribution >= 0.6 is 0 Å². The Bertz CT molecular complexity index is 1210. The Morgan fingerprint density at radius 1 is 0.719 bits per heavy atom. The molecule has 4 aromatic carbocycles. The number of hydrogen-bond donors (Lipinski definition) is 2. The van der Waals surface area contributed by atoms with Crippen LogP contribution in [-0.2, 0) is 17.8 Å². The number of nitrogens with one attached hydrogen (secondary N) is 1. The molecule has 4 rings (SSSR count). The van der Waals surface area contributed by atoms with E-state index in [4.69, 9.17) is 0 Å². The summed E-state index contributed by atoms with van der Waals surface area (Å²) < 4.78 is 0. The molecule has 1 amide bonds. The van der Waals surface area contributed by atoms with Gasteiger partial charge >= 0.3 is 0 Å². The van der Waals surface area contributed by atoms with Crippen LogP contribution in [-0.4, -0.2) is 11.0 Å². The smallest absolute Gasteiger partial charge is 0.224 e. The maximum Gasteiger partial charge on any atom is 0.224 e. The van der Waals surface area contributed by atoms with Crippen molar-refractivity contribution < 1.29 is 9.90 Å². The summed E-state index contributed by atoms with van der Waals surface area (Å²) in [7, 11) is 0. The summed E-state index contributed by atoms with van der Waals surface area (Å²) >= 11 is 0.